The van der Waals surface area contributed by atoms with E-state index in [4.69, 9.17) is 0 Å². The van der Waals surface area contributed by atoms with Gasteiger partial charge in [0, 0.05) is 18.0 Å². The summed E-state index contributed by atoms with van der Waals surface area (Å²) in [5, 5.41) is 13.6. The molecule has 0 aliphatic carbocycles. The Labute approximate surface area is 163 Å². The maximum absolute atomic E-state index is 12.8. The number of aromatic hydroxyl groups is 1. The number of rotatable bonds is 3. The van der Waals surface area contributed by atoms with Gasteiger partial charge < -0.3 is 5.11 Å². The number of fused-ring (bicyclic) bond motifs is 1. The van der Waals surface area contributed by atoms with E-state index in [2.05, 4.69) is 15.1 Å². The van der Waals surface area contributed by atoms with Gasteiger partial charge in [0.2, 0.25) is 0 Å². The van der Waals surface area contributed by atoms with Gasteiger partial charge in [-0.05, 0) is 31.5 Å². The summed E-state index contributed by atoms with van der Waals surface area (Å²) < 4.78 is 38.4. The van der Waals surface area contributed by atoms with Crippen LogP contribution in [0.25, 0.3) is 11.3 Å². The van der Waals surface area contributed by atoms with Crippen LogP contribution in [0.5, 0.6) is 5.75 Å². The third-order valence-electron chi connectivity index (χ3n) is 4.69. The molecule has 0 fully saturated rings. The molecular weight excluding hydrogens is 387 g/mol. The zero-order valence-electron chi connectivity index (χ0n) is 15.5. The molecular formula is C19H16F3N5O2. The molecule has 0 saturated carbocycles. The summed E-state index contributed by atoms with van der Waals surface area (Å²) in [7, 11) is 0. The molecule has 1 N–H and O–H groups in total. The fourth-order valence-electron chi connectivity index (χ4n) is 3.28. The lowest BCUT2D eigenvalue weighted by molar-refractivity contribution is -0.142. The Bertz CT molecular complexity index is 1120. The average molecular weight is 403 g/mol. The van der Waals surface area contributed by atoms with E-state index in [0.717, 1.165) is 4.68 Å². The lowest BCUT2D eigenvalue weighted by atomic mass is 10.0. The van der Waals surface area contributed by atoms with Crippen molar-refractivity contribution in [3.8, 4) is 17.0 Å². The predicted molar refractivity (Wildman–Crippen MR) is 97.4 cm³/mol. The first-order valence-electron chi connectivity index (χ1n) is 8.70. The number of hydrogen-bond acceptors (Lipinski definition) is 5. The highest BCUT2D eigenvalue weighted by molar-refractivity contribution is 6.10. The molecule has 0 atom stereocenters. The zero-order chi connectivity index (χ0) is 20.9. The number of anilines is 1. The molecule has 0 bridgehead atoms. The van der Waals surface area contributed by atoms with Crippen LogP contribution in [0.2, 0.25) is 0 Å². The smallest absolute Gasteiger partial charge is 0.408 e. The molecule has 0 saturated heterocycles. The average Bonchev–Trinajstić information content (AvgIpc) is 3.20. The maximum atomic E-state index is 12.8. The summed E-state index contributed by atoms with van der Waals surface area (Å²) in [6.45, 7) is 2.33. The maximum Gasteiger partial charge on any atom is 0.408 e. The molecule has 10 heteroatoms. The molecule has 0 radical (unpaired) electrons. The van der Waals surface area contributed by atoms with Gasteiger partial charge in [-0.3, -0.25) is 24.3 Å². The van der Waals surface area contributed by atoms with E-state index < -0.39 is 12.7 Å². The van der Waals surface area contributed by atoms with Crippen molar-refractivity contribution in [2.45, 2.75) is 33.1 Å². The molecule has 3 aromatic heterocycles. The van der Waals surface area contributed by atoms with Crippen molar-refractivity contribution in [2.75, 3.05) is 4.90 Å². The van der Waals surface area contributed by atoms with E-state index in [0.29, 0.717) is 33.8 Å². The molecule has 0 spiro atoms. The molecule has 7 nitrogen and oxygen atoms in total. The first-order valence-corrected chi connectivity index (χ1v) is 8.70. The van der Waals surface area contributed by atoms with Gasteiger partial charge in [-0.1, -0.05) is 0 Å². The number of carbonyl (C=O) groups excluding carboxylic acids is 1. The van der Waals surface area contributed by atoms with Crippen molar-refractivity contribution in [1.29, 1.82) is 0 Å². The standard InChI is InChI=1S/C19H16F3N5O2/c1-10-3-14(12-4-16(28)11(2)23-5-12)25-15-8-27(18(29)17(10)15)13-6-24-26(7-13)9-19(20,21)22/h3-7,28H,8-9H2,1-2H3. The number of pyridine rings is 2. The molecule has 0 aromatic carbocycles. The predicted octanol–water partition coefficient (Wildman–Crippen LogP) is 3.39. The molecule has 1 aliphatic heterocycles. The second-order valence-corrected chi connectivity index (χ2v) is 6.88. The van der Waals surface area contributed by atoms with Gasteiger partial charge in [0.15, 0.2) is 0 Å². The monoisotopic (exact) mass is 403 g/mol. The summed E-state index contributed by atoms with van der Waals surface area (Å²) in [6.07, 6.45) is -0.399. The zero-order valence-corrected chi connectivity index (χ0v) is 15.5. The number of halogens is 3. The fraction of sp³-hybridized carbons (Fsp3) is 0.263. The van der Waals surface area contributed by atoms with Crippen LogP contribution in [0.1, 0.15) is 27.3 Å². The van der Waals surface area contributed by atoms with Crippen molar-refractivity contribution in [2.24, 2.45) is 0 Å². The first-order chi connectivity index (χ1) is 13.6. The molecule has 150 valence electrons. The molecule has 4 heterocycles. The van der Waals surface area contributed by atoms with Crippen LogP contribution in [-0.2, 0) is 13.1 Å². The normalized spacial score (nSPS) is 13.8. The largest absolute Gasteiger partial charge is 0.506 e. The highest BCUT2D eigenvalue weighted by Crippen LogP contribution is 2.32. The van der Waals surface area contributed by atoms with Crippen molar-refractivity contribution in [3.63, 3.8) is 0 Å². The Morgan fingerprint density at radius 3 is 2.66 bits per heavy atom. The van der Waals surface area contributed by atoms with Crippen molar-refractivity contribution in [3.05, 3.63) is 53.2 Å². The number of hydrogen-bond donors (Lipinski definition) is 1. The number of amides is 1. The number of alkyl halides is 3. The van der Waals surface area contributed by atoms with Crippen LogP contribution < -0.4 is 4.90 Å². The van der Waals surface area contributed by atoms with Crippen LogP contribution in [0.4, 0.5) is 18.9 Å². The molecule has 0 unspecified atom stereocenters. The van der Waals surface area contributed by atoms with Gasteiger partial charge >= 0.3 is 6.18 Å². The van der Waals surface area contributed by atoms with E-state index in [1.807, 2.05) is 0 Å². The van der Waals surface area contributed by atoms with Gasteiger partial charge in [0.1, 0.15) is 12.3 Å². The Hall–Kier alpha value is -3.43. The van der Waals surface area contributed by atoms with E-state index in [1.54, 1.807) is 32.2 Å². The fourth-order valence-corrected chi connectivity index (χ4v) is 3.28. The van der Waals surface area contributed by atoms with Crippen LogP contribution in [-0.4, -0.2) is 36.9 Å². The summed E-state index contributed by atoms with van der Waals surface area (Å²) in [6, 6.07) is 3.27. The second kappa shape index (κ2) is 6.57. The van der Waals surface area contributed by atoms with Crippen molar-refractivity contribution >= 4 is 11.6 Å². The van der Waals surface area contributed by atoms with Crippen LogP contribution >= 0.6 is 0 Å². The highest BCUT2D eigenvalue weighted by atomic mass is 19.4. The van der Waals surface area contributed by atoms with E-state index in [1.165, 1.54) is 17.3 Å². The highest BCUT2D eigenvalue weighted by Gasteiger charge is 2.34. The summed E-state index contributed by atoms with van der Waals surface area (Å²) >= 11 is 0. The van der Waals surface area contributed by atoms with Crippen molar-refractivity contribution < 1.29 is 23.1 Å². The van der Waals surface area contributed by atoms with Crippen LogP contribution in [0.3, 0.4) is 0 Å². The minimum atomic E-state index is -4.40. The number of nitrogens with zero attached hydrogens (tertiary/aromatic N) is 5. The minimum Gasteiger partial charge on any atom is -0.506 e. The third kappa shape index (κ3) is 3.53. The van der Waals surface area contributed by atoms with Gasteiger partial charge in [-0.25, -0.2) is 0 Å². The Morgan fingerprint density at radius 2 is 1.97 bits per heavy atom. The molecule has 1 amide bonds. The quantitative estimate of drug-likeness (QED) is 0.725. The van der Waals surface area contributed by atoms with E-state index in [9.17, 15) is 23.1 Å². The van der Waals surface area contributed by atoms with Gasteiger partial charge in [-0.2, -0.15) is 18.3 Å². The topological polar surface area (TPSA) is 84.1 Å². The van der Waals surface area contributed by atoms with Gasteiger partial charge in [-0.15, -0.1) is 0 Å². The number of aromatic nitrogens is 4. The molecule has 3 aromatic rings. The van der Waals surface area contributed by atoms with Crippen LogP contribution in [0, 0.1) is 13.8 Å². The first kappa shape index (κ1) is 18.9. The lowest BCUT2D eigenvalue weighted by Gasteiger charge is -2.12. The van der Waals surface area contributed by atoms with Crippen molar-refractivity contribution in [1.82, 2.24) is 19.7 Å². The number of carbonyl (C=O) groups is 1. The third-order valence-corrected chi connectivity index (χ3v) is 4.69. The molecule has 29 heavy (non-hydrogen) atoms. The Morgan fingerprint density at radius 1 is 1.21 bits per heavy atom. The Kier molecular flexibility index (Phi) is 4.29. The summed E-state index contributed by atoms with van der Waals surface area (Å²) in [5.41, 5.74) is 3.52. The van der Waals surface area contributed by atoms with Crippen LogP contribution in [0.15, 0.2) is 30.7 Å². The summed E-state index contributed by atoms with van der Waals surface area (Å²) in [4.78, 5) is 22.8. The second-order valence-electron chi connectivity index (χ2n) is 6.88. The van der Waals surface area contributed by atoms with Gasteiger partial charge in [0.05, 0.1) is 41.1 Å². The van der Waals surface area contributed by atoms with Gasteiger partial charge in [0.25, 0.3) is 5.91 Å². The van der Waals surface area contributed by atoms with E-state index >= 15 is 0 Å². The van der Waals surface area contributed by atoms with E-state index in [-0.39, 0.29) is 23.9 Å². The molecule has 1 aliphatic rings. The number of aryl methyl sites for hydroxylation is 2. The minimum absolute atomic E-state index is 0.0391. The Balaban J connectivity index is 1.66. The molecule has 4 rings (SSSR count). The summed E-state index contributed by atoms with van der Waals surface area (Å²) in [5.74, 6) is -0.301. The SMILES string of the molecule is Cc1cc(-c2cnc(C)c(O)c2)nc2c1C(=O)N(c1cnn(CC(F)(F)F)c1)C2. The lowest BCUT2D eigenvalue weighted by Crippen LogP contribution is -2.23.